The van der Waals surface area contributed by atoms with Crippen LogP contribution in [0, 0.1) is 0 Å². The van der Waals surface area contributed by atoms with Crippen LogP contribution in [-0.2, 0) is 18.4 Å². The third-order valence-electron chi connectivity index (χ3n) is 3.66. The Morgan fingerprint density at radius 3 is 2.59 bits per heavy atom. The highest BCUT2D eigenvalue weighted by molar-refractivity contribution is 5.82. The second-order valence-electron chi connectivity index (χ2n) is 5.11. The first-order chi connectivity index (χ1) is 10.7. The van der Waals surface area contributed by atoms with E-state index in [-0.39, 0.29) is 6.54 Å². The normalized spacial score (nSPS) is 12.3. The number of hydrogen-bond donors (Lipinski definition) is 2. The summed E-state index contributed by atoms with van der Waals surface area (Å²) in [5.41, 5.74) is 2.47. The lowest BCUT2D eigenvalue weighted by Crippen LogP contribution is -2.29. The van der Waals surface area contributed by atoms with Gasteiger partial charge in [-0.25, -0.2) is 4.98 Å². The molecular weight excluding hydrogens is 278 g/mol. The summed E-state index contributed by atoms with van der Waals surface area (Å²) in [5, 5.41) is 12.8. The fourth-order valence-electron chi connectivity index (χ4n) is 2.40. The largest absolute Gasteiger partial charge is 0.378 e. The molecule has 1 amide bonds. The van der Waals surface area contributed by atoms with Gasteiger partial charge in [0, 0.05) is 7.05 Å². The van der Waals surface area contributed by atoms with Crippen LogP contribution in [0.4, 0.5) is 0 Å². The van der Waals surface area contributed by atoms with Gasteiger partial charge in [0.1, 0.15) is 5.82 Å². The average Bonchev–Trinajstić information content (AvgIpc) is 2.89. The number of aliphatic hydroxyl groups is 1. The van der Waals surface area contributed by atoms with Gasteiger partial charge in [-0.15, -0.1) is 0 Å². The number of rotatable bonds is 4. The van der Waals surface area contributed by atoms with Crippen molar-refractivity contribution in [2.24, 2.45) is 7.05 Å². The van der Waals surface area contributed by atoms with Crippen LogP contribution in [0.5, 0.6) is 0 Å². The molecule has 0 bridgehead atoms. The molecule has 2 N–H and O–H groups in total. The molecule has 0 aliphatic carbocycles. The molecule has 0 spiro atoms. The van der Waals surface area contributed by atoms with E-state index in [0.717, 1.165) is 16.9 Å². The quantitative estimate of drug-likeness (QED) is 0.773. The molecule has 22 heavy (non-hydrogen) atoms. The summed E-state index contributed by atoms with van der Waals surface area (Å²) in [6.07, 6.45) is -1.17. The first-order valence-corrected chi connectivity index (χ1v) is 7.08. The highest BCUT2D eigenvalue weighted by Gasteiger charge is 2.17. The summed E-state index contributed by atoms with van der Waals surface area (Å²) in [7, 11) is 1.91. The minimum absolute atomic E-state index is 0.272. The van der Waals surface area contributed by atoms with Crippen LogP contribution in [0.2, 0.25) is 0 Å². The fraction of sp³-hybridized carbons (Fsp3) is 0.176. The van der Waals surface area contributed by atoms with Crippen molar-refractivity contribution < 1.29 is 9.90 Å². The predicted octanol–water partition coefficient (Wildman–Crippen LogP) is 1.92. The maximum Gasteiger partial charge on any atom is 0.253 e. The summed E-state index contributed by atoms with van der Waals surface area (Å²) in [6.45, 7) is 0.272. The van der Waals surface area contributed by atoms with Gasteiger partial charge in [-0.05, 0) is 17.7 Å². The first kappa shape index (κ1) is 14.3. The van der Waals surface area contributed by atoms with Crippen LogP contribution < -0.4 is 5.32 Å². The molecule has 112 valence electrons. The molecule has 3 rings (SSSR count). The number of hydrogen-bond acceptors (Lipinski definition) is 3. The average molecular weight is 295 g/mol. The van der Waals surface area contributed by atoms with Crippen LogP contribution in [0.25, 0.3) is 11.0 Å². The van der Waals surface area contributed by atoms with Gasteiger partial charge in [0.05, 0.1) is 17.6 Å². The molecule has 0 aliphatic rings. The maximum absolute atomic E-state index is 12.0. The van der Waals surface area contributed by atoms with Crippen molar-refractivity contribution in [3.05, 3.63) is 66.0 Å². The Morgan fingerprint density at radius 2 is 1.86 bits per heavy atom. The van der Waals surface area contributed by atoms with Gasteiger partial charge in [-0.2, -0.15) is 0 Å². The molecule has 1 aromatic heterocycles. The van der Waals surface area contributed by atoms with Crippen molar-refractivity contribution in [2.75, 3.05) is 0 Å². The molecule has 0 radical (unpaired) electrons. The molecular formula is C17H17N3O2. The molecule has 3 aromatic rings. The van der Waals surface area contributed by atoms with E-state index in [2.05, 4.69) is 10.3 Å². The number of benzene rings is 2. The van der Waals surface area contributed by atoms with Crippen molar-refractivity contribution in [2.45, 2.75) is 12.6 Å². The number of amides is 1. The summed E-state index contributed by atoms with van der Waals surface area (Å²) < 4.78 is 1.94. The zero-order valence-electron chi connectivity index (χ0n) is 12.2. The van der Waals surface area contributed by atoms with Crippen LogP contribution >= 0.6 is 0 Å². The van der Waals surface area contributed by atoms with Crippen LogP contribution in [0.1, 0.15) is 17.5 Å². The molecule has 1 heterocycles. The predicted molar refractivity (Wildman–Crippen MR) is 84.0 cm³/mol. The highest BCUT2D eigenvalue weighted by atomic mass is 16.3. The van der Waals surface area contributed by atoms with Gasteiger partial charge in [0.25, 0.3) is 5.91 Å². The molecule has 0 fully saturated rings. The van der Waals surface area contributed by atoms with Crippen molar-refractivity contribution in [1.82, 2.24) is 14.9 Å². The Hall–Kier alpha value is -2.66. The minimum atomic E-state index is -1.17. The zero-order valence-corrected chi connectivity index (χ0v) is 12.2. The Balaban J connectivity index is 1.71. The summed E-state index contributed by atoms with van der Waals surface area (Å²) in [6, 6.07) is 16.6. The Morgan fingerprint density at radius 1 is 1.18 bits per heavy atom. The topological polar surface area (TPSA) is 67.2 Å². The molecule has 5 nitrogen and oxygen atoms in total. The Labute approximate surface area is 128 Å². The van der Waals surface area contributed by atoms with E-state index < -0.39 is 12.0 Å². The number of carbonyl (C=O) groups excluding carboxylic acids is 1. The van der Waals surface area contributed by atoms with Gasteiger partial charge in [-0.3, -0.25) is 4.79 Å². The molecule has 2 aromatic carbocycles. The molecule has 0 saturated heterocycles. The minimum Gasteiger partial charge on any atom is -0.378 e. The van der Waals surface area contributed by atoms with E-state index in [9.17, 15) is 9.90 Å². The van der Waals surface area contributed by atoms with E-state index in [1.54, 1.807) is 24.3 Å². The van der Waals surface area contributed by atoms with Crippen LogP contribution in [0.3, 0.4) is 0 Å². The van der Waals surface area contributed by atoms with Gasteiger partial charge < -0.3 is 15.0 Å². The van der Waals surface area contributed by atoms with Gasteiger partial charge in [-0.1, -0.05) is 42.5 Å². The number of para-hydroxylation sites is 2. The Bertz CT molecular complexity index is 796. The van der Waals surface area contributed by atoms with E-state index in [4.69, 9.17) is 0 Å². The number of carbonyl (C=O) groups is 1. The summed E-state index contributed by atoms with van der Waals surface area (Å²) in [4.78, 5) is 16.5. The second-order valence-corrected chi connectivity index (χ2v) is 5.11. The van der Waals surface area contributed by atoms with Gasteiger partial charge in [0.15, 0.2) is 6.10 Å². The van der Waals surface area contributed by atoms with Gasteiger partial charge in [0.2, 0.25) is 0 Å². The highest BCUT2D eigenvalue weighted by Crippen LogP contribution is 2.15. The maximum atomic E-state index is 12.0. The van der Waals surface area contributed by atoms with E-state index >= 15 is 0 Å². The number of aliphatic hydroxyl groups excluding tert-OH is 1. The van der Waals surface area contributed by atoms with Crippen molar-refractivity contribution in [3.8, 4) is 0 Å². The zero-order chi connectivity index (χ0) is 15.5. The lowest BCUT2D eigenvalue weighted by Gasteiger charge is -2.11. The molecule has 1 unspecified atom stereocenters. The lowest BCUT2D eigenvalue weighted by atomic mass is 10.1. The summed E-state index contributed by atoms with van der Waals surface area (Å²) in [5.74, 6) is 0.313. The molecule has 0 saturated carbocycles. The van der Waals surface area contributed by atoms with Crippen LogP contribution in [0.15, 0.2) is 54.6 Å². The van der Waals surface area contributed by atoms with E-state index in [1.807, 2.05) is 41.9 Å². The van der Waals surface area contributed by atoms with E-state index in [1.165, 1.54) is 0 Å². The third-order valence-corrected chi connectivity index (χ3v) is 3.66. The number of fused-ring (bicyclic) bond motifs is 1. The third kappa shape index (κ3) is 2.71. The monoisotopic (exact) mass is 295 g/mol. The fourth-order valence-corrected chi connectivity index (χ4v) is 2.40. The number of aryl methyl sites for hydroxylation is 1. The number of imidazole rings is 1. The smallest absolute Gasteiger partial charge is 0.253 e. The van der Waals surface area contributed by atoms with Crippen molar-refractivity contribution in [3.63, 3.8) is 0 Å². The SMILES string of the molecule is Cn1c(CNC(=O)C(O)c2ccccc2)nc2ccccc21. The number of aromatic nitrogens is 2. The van der Waals surface area contributed by atoms with Crippen molar-refractivity contribution in [1.29, 1.82) is 0 Å². The molecule has 5 heteroatoms. The van der Waals surface area contributed by atoms with Crippen LogP contribution in [-0.4, -0.2) is 20.6 Å². The van der Waals surface area contributed by atoms with E-state index in [0.29, 0.717) is 5.56 Å². The number of nitrogens with one attached hydrogen (secondary N) is 1. The van der Waals surface area contributed by atoms with Crippen molar-refractivity contribution >= 4 is 16.9 Å². The number of nitrogens with zero attached hydrogens (tertiary/aromatic N) is 2. The second kappa shape index (κ2) is 5.99. The first-order valence-electron chi connectivity index (χ1n) is 7.08. The lowest BCUT2D eigenvalue weighted by molar-refractivity contribution is -0.129. The van der Waals surface area contributed by atoms with Gasteiger partial charge >= 0.3 is 0 Å². The summed E-state index contributed by atoms with van der Waals surface area (Å²) >= 11 is 0. The molecule has 1 atom stereocenters. The standard InChI is InChI=1S/C17H17N3O2/c1-20-14-10-6-5-9-13(14)19-15(20)11-18-17(22)16(21)12-7-3-2-4-8-12/h2-10,16,21H,11H2,1H3,(H,18,22). The Kier molecular flexibility index (Phi) is 3.89. The molecule has 0 aliphatic heterocycles.